The topological polar surface area (TPSA) is 79.8 Å². The molecule has 0 spiro atoms. The molecule has 3 rings (SSSR count). The Morgan fingerprint density at radius 2 is 2.07 bits per heavy atom. The molecule has 0 bridgehead atoms. The van der Waals surface area contributed by atoms with Gasteiger partial charge in [0.15, 0.2) is 0 Å². The summed E-state index contributed by atoms with van der Waals surface area (Å²) in [5, 5.41) is 0.411. The van der Waals surface area contributed by atoms with E-state index in [1.807, 2.05) is 6.92 Å². The zero-order chi connectivity index (χ0) is 20.5. The third-order valence-electron chi connectivity index (χ3n) is 4.57. The number of rotatable bonds is 5. The number of amides is 1. The predicted molar refractivity (Wildman–Crippen MR) is 106 cm³/mol. The van der Waals surface area contributed by atoms with Crippen molar-refractivity contribution in [3.05, 3.63) is 52.7 Å². The first kappa shape index (κ1) is 20.6. The fourth-order valence-corrected chi connectivity index (χ4v) is 4.70. The molecule has 0 radical (unpaired) electrons. The van der Waals surface area contributed by atoms with E-state index in [0.29, 0.717) is 23.6 Å². The fraction of sp³-hybridized carbons (Fsp3) is 0.368. The first-order valence-corrected chi connectivity index (χ1v) is 10.6. The molecule has 1 aromatic heterocycles. The van der Waals surface area contributed by atoms with Gasteiger partial charge in [-0.15, -0.1) is 0 Å². The predicted octanol–water partition coefficient (Wildman–Crippen LogP) is 2.59. The van der Waals surface area contributed by atoms with Gasteiger partial charge in [0.05, 0.1) is 11.4 Å². The first-order chi connectivity index (χ1) is 13.2. The highest BCUT2D eigenvalue weighted by atomic mass is 35.5. The maximum Gasteiger partial charge on any atom is 0.258 e. The minimum atomic E-state index is -3.67. The SMILES string of the molecule is Cc1ccc(S(=O)(=O)N2CCC(Oc3ncccc3C(=O)N(C)C)C2)cc1Cl. The molecule has 9 heteroatoms. The molecule has 2 aromatic rings. The molecular formula is C19H22ClN3O4S. The van der Waals surface area contributed by atoms with Crippen LogP contribution in [0, 0.1) is 6.92 Å². The molecule has 7 nitrogen and oxygen atoms in total. The zero-order valence-corrected chi connectivity index (χ0v) is 17.5. The third-order valence-corrected chi connectivity index (χ3v) is 6.84. The Hall–Kier alpha value is -2.16. The van der Waals surface area contributed by atoms with Crippen LogP contribution < -0.4 is 4.74 Å². The van der Waals surface area contributed by atoms with E-state index in [9.17, 15) is 13.2 Å². The van der Waals surface area contributed by atoms with Gasteiger partial charge in [0.25, 0.3) is 5.91 Å². The van der Waals surface area contributed by atoms with Crippen LogP contribution in [0.2, 0.25) is 5.02 Å². The Balaban J connectivity index is 1.76. The van der Waals surface area contributed by atoms with Crippen LogP contribution in [0.4, 0.5) is 0 Å². The first-order valence-electron chi connectivity index (χ1n) is 8.80. The molecule has 150 valence electrons. The highest BCUT2D eigenvalue weighted by Crippen LogP contribution is 2.27. The van der Waals surface area contributed by atoms with Crippen molar-refractivity contribution in [1.29, 1.82) is 0 Å². The van der Waals surface area contributed by atoms with Crippen LogP contribution >= 0.6 is 11.6 Å². The number of hydrogen-bond donors (Lipinski definition) is 0. The number of nitrogens with zero attached hydrogens (tertiary/aromatic N) is 3. The van der Waals surface area contributed by atoms with Gasteiger partial charge < -0.3 is 9.64 Å². The summed E-state index contributed by atoms with van der Waals surface area (Å²) < 4.78 is 33.1. The summed E-state index contributed by atoms with van der Waals surface area (Å²) in [6, 6.07) is 8.01. The van der Waals surface area contributed by atoms with E-state index < -0.39 is 10.0 Å². The largest absolute Gasteiger partial charge is 0.472 e. The van der Waals surface area contributed by atoms with E-state index >= 15 is 0 Å². The molecule has 1 amide bonds. The molecule has 28 heavy (non-hydrogen) atoms. The molecule has 1 atom stereocenters. The standard InChI is InChI=1S/C19H22ClN3O4S/c1-13-6-7-15(11-17(13)20)28(25,26)23-10-8-14(12-23)27-18-16(5-4-9-21-18)19(24)22(2)3/h4-7,9,11,14H,8,10,12H2,1-3H3. The summed E-state index contributed by atoms with van der Waals surface area (Å²) in [5.74, 6) is -0.0105. The van der Waals surface area contributed by atoms with Crippen molar-refractivity contribution in [2.75, 3.05) is 27.2 Å². The molecule has 1 saturated heterocycles. The number of carbonyl (C=O) groups is 1. The number of pyridine rings is 1. The lowest BCUT2D eigenvalue weighted by Gasteiger charge is -2.19. The maximum atomic E-state index is 12.9. The van der Waals surface area contributed by atoms with E-state index in [1.54, 1.807) is 44.6 Å². The Morgan fingerprint density at radius 1 is 1.32 bits per heavy atom. The van der Waals surface area contributed by atoms with Gasteiger partial charge >= 0.3 is 0 Å². The second-order valence-electron chi connectivity index (χ2n) is 6.86. The van der Waals surface area contributed by atoms with E-state index in [-0.39, 0.29) is 29.3 Å². The van der Waals surface area contributed by atoms with Crippen LogP contribution in [-0.2, 0) is 10.0 Å². The summed E-state index contributed by atoms with van der Waals surface area (Å²) in [5.41, 5.74) is 1.16. The average molecular weight is 424 g/mol. The highest BCUT2D eigenvalue weighted by Gasteiger charge is 2.34. The van der Waals surface area contributed by atoms with E-state index in [2.05, 4.69) is 4.98 Å². The molecule has 1 aromatic carbocycles. The van der Waals surface area contributed by atoms with Crippen molar-refractivity contribution >= 4 is 27.5 Å². The van der Waals surface area contributed by atoms with Crippen molar-refractivity contribution < 1.29 is 17.9 Å². The van der Waals surface area contributed by atoms with Gasteiger partial charge in [-0.25, -0.2) is 13.4 Å². The highest BCUT2D eigenvalue weighted by molar-refractivity contribution is 7.89. The van der Waals surface area contributed by atoms with Crippen LogP contribution in [0.3, 0.4) is 0 Å². The summed E-state index contributed by atoms with van der Waals surface area (Å²) >= 11 is 6.08. The molecule has 0 saturated carbocycles. The van der Waals surface area contributed by atoms with Crippen LogP contribution in [0.25, 0.3) is 0 Å². The number of sulfonamides is 1. The van der Waals surface area contributed by atoms with Gasteiger partial charge in [-0.1, -0.05) is 17.7 Å². The van der Waals surface area contributed by atoms with E-state index in [4.69, 9.17) is 16.3 Å². The molecule has 1 unspecified atom stereocenters. The Kier molecular flexibility index (Phi) is 5.92. The van der Waals surface area contributed by atoms with Gasteiger partial charge in [-0.2, -0.15) is 4.31 Å². The lowest BCUT2D eigenvalue weighted by Crippen LogP contribution is -2.31. The Bertz CT molecular complexity index is 994. The monoisotopic (exact) mass is 423 g/mol. The van der Waals surface area contributed by atoms with E-state index in [0.717, 1.165) is 5.56 Å². The van der Waals surface area contributed by atoms with Crippen molar-refractivity contribution in [2.45, 2.75) is 24.3 Å². The van der Waals surface area contributed by atoms with Gasteiger partial charge in [0.2, 0.25) is 15.9 Å². The quantitative estimate of drug-likeness (QED) is 0.738. The van der Waals surface area contributed by atoms with Gasteiger partial charge in [-0.3, -0.25) is 4.79 Å². The van der Waals surface area contributed by atoms with Gasteiger partial charge in [0, 0.05) is 31.9 Å². The summed E-state index contributed by atoms with van der Waals surface area (Å²) in [4.78, 5) is 18.0. The molecule has 2 heterocycles. The van der Waals surface area contributed by atoms with Crippen molar-refractivity contribution in [3.63, 3.8) is 0 Å². The number of halogens is 1. The van der Waals surface area contributed by atoms with E-state index in [1.165, 1.54) is 15.3 Å². The molecular weight excluding hydrogens is 402 g/mol. The second kappa shape index (κ2) is 8.06. The fourth-order valence-electron chi connectivity index (χ4n) is 2.94. The summed E-state index contributed by atoms with van der Waals surface area (Å²) in [7, 11) is -0.373. The van der Waals surface area contributed by atoms with Gasteiger partial charge in [0.1, 0.15) is 11.7 Å². The molecule has 0 N–H and O–H groups in total. The van der Waals surface area contributed by atoms with Crippen LogP contribution in [0.1, 0.15) is 22.3 Å². The number of hydrogen-bond acceptors (Lipinski definition) is 5. The Morgan fingerprint density at radius 3 is 2.75 bits per heavy atom. The normalized spacial score (nSPS) is 17.5. The van der Waals surface area contributed by atoms with Crippen LogP contribution in [0.5, 0.6) is 5.88 Å². The number of aromatic nitrogens is 1. The zero-order valence-electron chi connectivity index (χ0n) is 15.9. The number of ether oxygens (including phenoxy) is 1. The maximum absolute atomic E-state index is 12.9. The summed E-state index contributed by atoms with van der Waals surface area (Å²) in [6.07, 6.45) is 1.66. The van der Waals surface area contributed by atoms with Gasteiger partial charge in [-0.05, 0) is 43.2 Å². The summed E-state index contributed by atoms with van der Waals surface area (Å²) in [6.45, 7) is 2.32. The lowest BCUT2D eigenvalue weighted by atomic mass is 10.2. The number of aryl methyl sites for hydroxylation is 1. The second-order valence-corrected chi connectivity index (χ2v) is 9.20. The molecule has 1 aliphatic heterocycles. The lowest BCUT2D eigenvalue weighted by molar-refractivity contribution is 0.0818. The van der Waals surface area contributed by atoms with Crippen LogP contribution in [-0.4, -0.2) is 61.8 Å². The van der Waals surface area contributed by atoms with Crippen LogP contribution in [0.15, 0.2) is 41.4 Å². The molecule has 1 aliphatic rings. The van der Waals surface area contributed by atoms with Crippen molar-refractivity contribution in [2.24, 2.45) is 0 Å². The molecule has 1 fully saturated rings. The average Bonchev–Trinajstić information content (AvgIpc) is 3.13. The number of benzene rings is 1. The molecule has 0 aliphatic carbocycles. The third kappa shape index (κ3) is 4.14. The minimum absolute atomic E-state index is 0.157. The Labute approximate surface area is 169 Å². The minimum Gasteiger partial charge on any atom is -0.472 e. The van der Waals surface area contributed by atoms with Crippen molar-refractivity contribution in [3.8, 4) is 5.88 Å². The smallest absolute Gasteiger partial charge is 0.258 e. The van der Waals surface area contributed by atoms with Crippen molar-refractivity contribution in [1.82, 2.24) is 14.2 Å². The number of carbonyl (C=O) groups excluding carboxylic acids is 1.